The zero-order chi connectivity index (χ0) is 20.6. The van der Waals surface area contributed by atoms with Crippen molar-refractivity contribution in [3.8, 4) is 11.3 Å². The van der Waals surface area contributed by atoms with E-state index in [1.807, 2.05) is 30.3 Å². The lowest BCUT2D eigenvalue weighted by Gasteiger charge is -2.17. The maximum Gasteiger partial charge on any atom is 0.354 e. The van der Waals surface area contributed by atoms with Crippen LogP contribution in [0.25, 0.3) is 11.3 Å². The zero-order valence-electron chi connectivity index (χ0n) is 16.3. The van der Waals surface area contributed by atoms with Crippen LogP contribution in [0.4, 0.5) is 0 Å². The number of carboxylic acid groups (broad SMARTS) is 1. The molecule has 2 aromatic heterocycles. The highest BCUT2D eigenvalue weighted by Gasteiger charge is 2.13. The molecule has 0 aliphatic carbocycles. The summed E-state index contributed by atoms with van der Waals surface area (Å²) in [6.45, 7) is 0.637. The van der Waals surface area contributed by atoms with Crippen LogP contribution in [0.15, 0.2) is 54.7 Å². The van der Waals surface area contributed by atoms with Crippen LogP contribution in [-0.2, 0) is 6.42 Å². The van der Waals surface area contributed by atoms with E-state index in [0.717, 1.165) is 42.6 Å². The van der Waals surface area contributed by atoms with E-state index in [4.69, 9.17) is 5.11 Å². The number of nitrogens with one attached hydrogen (secondary N) is 1. The van der Waals surface area contributed by atoms with Gasteiger partial charge in [0.2, 0.25) is 0 Å². The standard InChI is InChI=1S/C22H24N4O3/c1-26(21(27)17-11-12-19(22(28)29)23-15-17)13-7-3-6-10-18-14-20(25-24-18)16-8-4-2-5-9-16/h2,4-5,8-9,11-12,14-15H,3,6-7,10,13H2,1H3,(H,24,25)(H,28,29). The SMILES string of the molecule is CN(CCCCCc1cc(-c2ccccc2)n[nH]1)C(=O)c1ccc(C(=O)O)nc1. The largest absolute Gasteiger partial charge is 0.477 e. The van der Waals surface area contributed by atoms with Gasteiger partial charge in [-0.15, -0.1) is 0 Å². The van der Waals surface area contributed by atoms with Gasteiger partial charge in [-0.25, -0.2) is 9.78 Å². The van der Waals surface area contributed by atoms with Crippen LogP contribution in [0.5, 0.6) is 0 Å². The third-order valence-electron chi connectivity index (χ3n) is 4.72. The van der Waals surface area contributed by atoms with Crippen molar-refractivity contribution in [1.82, 2.24) is 20.1 Å². The molecule has 0 atom stereocenters. The molecule has 0 spiro atoms. The van der Waals surface area contributed by atoms with Gasteiger partial charge < -0.3 is 10.0 Å². The van der Waals surface area contributed by atoms with Crippen molar-refractivity contribution >= 4 is 11.9 Å². The van der Waals surface area contributed by atoms with Crippen LogP contribution in [0.2, 0.25) is 0 Å². The topological polar surface area (TPSA) is 99.2 Å². The molecule has 2 N–H and O–H groups in total. The maximum atomic E-state index is 12.4. The Bertz CT molecular complexity index is 952. The van der Waals surface area contributed by atoms with Gasteiger partial charge >= 0.3 is 5.97 Å². The molecule has 3 rings (SSSR count). The molecule has 7 heteroatoms. The first-order chi connectivity index (χ1) is 14.0. The second kappa shape index (κ2) is 9.64. The van der Waals surface area contributed by atoms with Crippen molar-refractivity contribution in [2.75, 3.05) is 13.6 Å². The highest BCUT2D eigenvalue weighted by molar-refractivity contribution is 5.94. The number of unbranched alkanes of at least 4 members (excludes halogenated alkanes) is 2. The summed E-state index contributed by atoms with van der Waals surface area (Å²) in [5.41, 5.74) is 3.48. The Hall–Kier alpha value is -3.48. The van der Waals surface area contributed by atoms with Crippen LogP contribution in [0.1, 0.15) is 45.8 Å². The number of aromatic amines is 1. The number of hydrogen-bond acceptors (Lipinski definition) is 4. The second-order valence-corrected chi connectivity index (χ2v) is 6.92. The molecule has 0 fully saturated rings. The first-order valence-electron chi connectivity index (χ1n) is 9.59. The van der Waals surface area contributed by atoms with E-state index in [1.54, 1.807) is 11.9 Å². The number of aryl methyl sites for hydroxylation is 1. The van der Waals surface area contributed by atoms with E-state index in [1.165, 1.54) is 18.3 Å². The van der Waals surface area contributed by atoms with E-state index >= 15 is 0 Å². The Balaban J connectivity index is 1.39. The van der Waals surface area contributed by atoms with Gasteiger partial charge in [0.05, 0.1) is 11.3 Å². The number of carbonyl (C=O) groups is 2. The number of aromatic carboxylic acids is 1. The number of pyridine rings is 1. The van der Waals surface area contributed by atoms with Gasteiger partial charge in [-0.2, -0.15) is 5.10 Å². The number of carboxylic acids is 1. The molecule has 150 valence electrons. The van der Waals surface area contributed by atoms with Crippen molar-refractivity contribution in [1.29, 1.82) is 0 Å². The van der Waals surface area contributed by atoms with Crippen LogP contribution in [0, 0.1) is 0 Å². The summed E-state index contributed by atoms with van der Waals surface area (Å²) in [7, 11) is 1.74. The molecule has 1 aromatic carbocycles. The van der Waals surface area contributed by atoms with Gasteiger partial charge in [0.15, 0.2) is 0 Å². The summed E-state index contributed by atoms with van der Waals surface area (Å²) in [4.78, 5) is 28.6. The Kier molecular flexibility index (Phi) is 6.73. The average Bonchev–Trinajstić information content (AvgIpc) is 3.22. The second-order valence-electron chi connectivity index (χ2n) is 6.92. The number of rotatable bonds is 9. The number of H-pyrrole nitrogens is 1. The van der Waals surface area contributed by atoms with Crippen LogP contribution >= 0.6 is 0 Å². The van der Waals surface area contributed by atoms with Gasteiger partial charge in [-0.05, 0) is 37.5 Å². The Labute approximate surface area is 169 Å². The number of amides is 1. The molecule has 0 saturated carbocycles. The van der Waals surface area contributed by atoms with Gasteiger partial charge in [0.25, 0.3) is 5.91 Å². The molecular formula is C22H24N4O3. The van der Waals surface area contributed by atoms with Gasteiger partial charge in [-0.3, -0.25) is 9.89 Å². The molecule has 1 amide bonds. The van der Waals surface area contributed by atoms with Crippen molar-refractivity contribution in [2.24, 2.45) is 0 Å². The first kappa shape index (κ1) is 20.3. The summed E-state index contributed by atoms with van der Waals surface area (Å²) >= 11 is 0. The number of carbonyl (C=O) groups excluding carboxylic acids is 1. The molecule has 2 heterocycles. The quantitative estimate of drug-likeness (QED) is 0.542. The van der Waals surface area contributed by atoms with Crippen LogP contribution < -0.4 is 0 Å². The third kappa shape index (κ3) is 5.51. The lowest BCUT2D eigenvalue weighted by atomic mass is 10.1. The summed E-state index contributed by atoms with van der Waals surface area (Å²) in [6.07, 6.45) is 5.12. The first-order valence-corrected chi connectivity index (χ1v) is 9.59. The Morgan fingerprint density at radius 3 is 2.55 bits per heavy atom. The predicted octanol–water partition coefficient (Wildman–Crippen LogP) is 3.65. The summed E-state index contributed by atoms with van der Waals surface area (Å²) in [6, 6.07) is 15.0. The number of nitrogens with zero attached hydrogens (tertiary/aromatic N) is 3. The highest BCUT2D eigenvalue weighted by Crippen LogP contribution is 2.18. The van der Waals surface area contributed by atoms with Crippen molar-refractivity contribution in [3.63, 3.8) is 0 Å². The molecule has 7 nitrogen and oxygen atoms in total. The molecule has 0 aliphatic heterocycles. The molecule has 0 aliphatic rings. The molecule has 0 bridgehead atoms. The van der Waals surface area contributed by atoms with Gasteiger partial charge in [0.1, 0.15) is 5.69 Å². The fraction of sp³-hybridized carbons (Fsp3) is 0.273. The van der Waals surface area contributed by atoms with E-state index in [2.05, 4.69) is 21.2 Å². The van der Waals surface area contributed by atoms with E-state index in [0.29, 0.717) is 12.1 Å². The van der Waals surface area contributed by atoms with E-state index < -0.39 is 5.97 Å². The lowest BCUT2D eigenvalue weighted by Crippen LogP contribution is -2.28. The van der Waals surface area contributed by atoms with Crippen LogP contribution in [0.3, 0.4) is 0 Å². The molecular weight excluding hydrogens is 368 g/mol. The minimum Gasteiger partial charge on any atom is -0.477 e. The minimum absolute atomic E-state index is 0.0709. The fourth-order valence-electron chi connectivity index (χ4n) is 3.06. The summed E-state index contributed by atoms with van der Waals surface area (Å²) in [5, 5.41) is 16.3. The van der Waals surface area contributed by atoms with Gasteiger partial charge in [0, 0.05) is 31.0 Å². The smallest absolute Gasteiger partial charge is 0.354 e. The molecule has 0 saturated heterocycles. The minimum atomic E-state index is -1.11. The monoisotopic (exact) mass is 392 g/mol. The van der Waals surface area contributed by atoms with E-state index in [9.17, 15) is 9.59 Å². The third-order valence-corrected chi connectivity index (χ3v) is 4.72. The van der Waals surface area contributed by atoms with Crippen molar-refractivity contribution in [2.45, 2.75) is 25.7 Å². The Morgan fingerprint density at radius 1 is 1.07 bits per heavy atom. The molecule has 3 aromatic rings. The molecule has 0 unspecified atom stereocenters. The summed E-state index contributed by atoms with van der Waals surface area (Å²) in [5.74, 6) is -1.26. The normalized spacial score (nSPS) is 10.7. The zero-order valence-corrected chi connectivity index (χ0v) is 16.3. The number of benzene rings is 1. The highest BCUT2D eigenvalue weighted by atomic mass is 16.4. The van der Waals surface area contributed by atoms with Gasteiger partial charge in [-0.1, -0.05) is 36.8 Å². The Morgan fingerprint density at radius 2 is 1.86 bits per heavy atom. The van der Waals surface area contributed by atoms with Crippen molar-refractivity contribution < 1.29 is 14.7 Å². The maximum absolute atomic E-state index is 12.4. The average molecular weight is 392 g/mol. The van der Waals surface area contributed by atoms with Crippen molar-refractivity contribution in [3.05, 3.63) is 71.7 Å². The molecule has 29 heavy (non-hydrogen) atoms. The predicted molar refractivity (Wildman–Crippen MR) is 110 cm³/mol. The molecule has 0 radical (unpaired) electrons. The fourth-order valence-corrected chi connectivity index (χ4v) is 3.06. The lowest BCUT2D eigenvalue weighted by molar-refractivity contribution is 0.0688. The number of aromatic nitrogens is 3. The summed E-state index contributed by atoms with van der Waals surface area (Å²) < 4.78 is 0. The van der Waals surface area contributed by atoms with Crippen LogP contribution in [-0.4, -0.2) is 50.7 Å². The number of hydrogen-bond donors (Lipinski definition) is 2. The van der Waals surface area contributed by atoms with E-state index in [-0.39, 0.29) is 11.6 Å².